The van der Waals surface area contributed by atoms with E-state index in [1.54, 1.807) is 26.0 Å². The third-order valence-electron chi connectivity index (χ3n) is 6.22. The molecule has 0 aliphatic heterocycles. The number of benzene rings is 4. The molecule has 208 valence electrons. The zero-order valence-corrected chi connectivity index (χ0v) is 26.2. The number of sulfonamides is 1. The number of hydrazone groups is 1. The molecule has 0 aliphatic carbocycles. The number of hydrogen-bond acceptors (Lipinski definition) is 5. The molecular formula is C30H29Br2N3O4S. The minimum atomic E-state index is -3.89. The normalized spacial score (nSPS) is 12.7. The largest absolute Gasteiger partial charge is 0.487 e. The number of nitrogens with one attached hydrogen (secondary N) is 2. The van der Waals surface area contributed by atoms with Crippen molar-refractivity contribution in [2.24, 2.45) is 11.0 Å². The molecule has 0 radical (unpaired) electrons. The number of nitrogens with zero attached hydrogens (tertiary/aromatic N) is 1. The lowest BCUT2D eigenvalue weighted by Crippen LogP contribution is -2.48. The topological polar surface area (TPSA) is 96.9 Å². The Hall–Kier alpha value is -3.05. The van der Waals surface area contributed by atoms with E-state index in [0.29, 0.717) is 26.9 Å². The Kier molecular flexibility index (Phi) is 9.78. The van der Waals surface area contributed by atoms with Crippen molar-refractivity contribution in [3.8, 4) is 5.75 Å². The first-order valence-electron chi connectivity index (χ1n) is 12.6. The van der Waals surface area contributed by atoms with Gasteiger partial charge in [0.1, 0.15) is 18.4 Å². The fraction of sp³-hybridized carbons (Fsp3) is 0.200. The lowest BCUT2D eigenvalue weighted by molar-refractivity contribution is -0.123. The van der Waals surface area contributed by atoms with Crippen LogP contribution in [0.25, 0.3) is 10.8 Å². The van der Waals surface area contributed by atoms with Crippen LogP contribution < -0.4 is 14.9 Å². The molecule has 10 heteroatoms. The van der Waals surface area contributed by atoms with Gasteiger partial charge in [-0.2, -0.15) is 9.82 Å². The Balaban J connectivity index is 1.41. The summed E-state index contributed by atoms with van der Waals surface area (Å²) in [5.74, 6) is -0.230. The highest BCUT2D eigenvalue weighted by Gasteiger charge is 2.28. The summed E-state index contributed by atoms with van der Waals surface area (Å²) in [6, 6.07) is 23.3. The van der Waals surface area contributed by atoms with Crippen LogP contribution >= 0.6 is 31.9 Å². The number of fused-ring (bicyclic) bond motifs is 1. The van der Waals surface area contributed by atoms with E-state index in [2.05, 4.69) is 65.3 Å². The Morgan fingerprint density at radius 1 is 0.975 bits per heavy atom. The van der Waals surface area contributed by atoms with Gasteiger partial charge in [0.2, 0.25) is 10.0 Å². The van der Waals surface area contributed by atoms with Crippen molar-refractivity contribution in [2.75, 3.05) is 0 Å². The van der Waals surface area contributed by atoms with Crippen LogP contribution in [0.1, 0.15) is 30.5 Å². The van der Waals surface area contributed by atoms with Gasteiger partial charge in [0.25, 0.3) is 5.91 Å². The van der Waals surface area contributed by atoms with E-state index in [-0.39, 0.29) is 10.8 Å². The molecule has 0 spiro atoms. The predicted octanol–water partition coefficient (Wildman–Crippen LogP) is 6.71. The number of halogens is 2. The fourth-order valence-corrected chi connectivity index (χ4v) is 6.84. The van der Waals surface area contributed by atoms with Crippen molar-refractivity contribution in [3.05, 3.63) is 104 Å². The third-order valence-corrected chi connectivity index (χ3v) is 8.86. The number of ether oxygens (including phenoxy) is 1. The second-order valence-electron chi connectivity index (χ2n) is 9.63. The van der Waals surface area contributed by atoms with Gasteiger partial charge in [0.15, 0.2) is 0 Å². The van der Waals surface area contributed by atoms with E-state index < -0.39 is 22.0 Å². The van der Waals surface area contributed by atoms with Gasteiger partial charge in [-0.25, -0.2) is 13.8 Å². The number of hydrogen-bond donors (Lipinski definition) is 2. The van der Waals surface area contributed by atoms with E-state index in [0.717, 1.165) is 21.9 Å². The van der Waals surface area contributed by atoms with Crippen LogP contribution in [-0.2, 0) is 21.4 Å². The maximum atomic E-state index is 12.8. The van der Waals surface area contributed by atoms with Crippen molar-refractivity contribution < 1.29 is 17.9 Å². The second kappa shape index (κ2) is 13.1. The van der Waals surface area contributed by atoms with Crippen LogP contribution in [0.3, 0.4) is 0 Å². The molecule has 0 fully saturated rings. The highest BCUT2D eigenvalue weighted by atomic mass is 79.9. The quantitative estimate of drug-likeness (QED) is 0.143. The van der Waals surface area contributed by atoms with Gasteiger partial charge in [-0.15, -0.1) is 0 Å². The number of carbonyl (C=O) groups excluding carboxylic acids is 1. The number of aryl methyl sites for hydroxylation is 1. The van der Waals surface area contributed by atoms with Crippen LogP contribution in [0.4, 0.5) is 0 Å². The van der Waals surface area contributed by atoms with Gasteiger partial charge in [-0.3, -0.25) is 4.79 Å². The molecule has 0 saturated carbocycles. The van der Waals surface area contributed by atoms with Crippen molar-refractivity contribution in [1.82, 2.24) is 10.1 Å². The summed E-state index contributed by atoms with van der Waals surface area (Å²) < 4.78 is 35.7. The van der Waals surface area contributed by atoms with Gasteiger partial charge in [-0.05, 0) is 90.9 Å². The highest BCUT2D eigenvalue weighted by Crippen LogP contribution is 2.35. The maximum Gasteiger partial charge on any atom is 0.258 e. The Morgan fingerprint density at radius 2 is 1.62 bits per heavy atom. The molecule has 0 unspecified atom stereocenters. The van der Waals surface area contributed by atoms with Crippen molar-refractivity contribution in [2.45, 2.75) is 38.3 Å². The lowest BCUT2D eigenvalue weighted by atomic mass is 10.1. The smallest absolute Gasteiger partial charge is 0.258 e. The maximum absolute atomic E-state index is 12.8. The summed E-state index contributed by atoms with van der Waals surface area (Å²) >= 11 is 7.13. The van der Waals surface area contributed by atoms with E-state index in [1.807, 2.05) is 43.3 Å². The second-order valence-corrected chi connectivity index (χ2v) is 13.1. The number of amides is 1. The first-order chi connectivity index (χ1) is 19.0. The predicted molar refractivity (Wildman–Crippen MR) is 166 cm³/mol. The Bertz CT molecular complexity index is 1630. The summed E-state index contributed by atoms with van der Waals surface area (Å²) in [7, 11) is -3.89. The summed E-state index contributed by atoms with van der Waals surface area (Å²) in [6.45, 7) is 5.78. The van der Waals surface area contributed by atoms with E-state index in [4.69, 9.17) is 4.74 Å². The van der Waals surface area contributed by atoms with Crippen LogP contribution in [0.5, 0.6) is 5.75 Å². The molecule has 7 nitrogen and oxygen atoms in total. The van der Waals surface area contributed by atoms with Gasteiger partial charge in [-0.1, -0.05) is 74.0 Å². The molecule has 0 aromatic heterocycles. The van der Waals surface area contributed by atoms with Crippen LogP contribution in [0.2, 0.25) is 0 Å². The molecule has 1 amide bonds. The minimum absolute atomic E-state index is 0.0949. The molecule has 0 heterocycles. The molecule has 0 aliphatic rings. The van der Waals surface area contributed by atoms with Crippen LogP contribution in [0, 0.1) is 12.8 Å². The van der Waals surface area contributed by atoms with Crippen molar-refractivity contribution in [1.29, 1.82) is 0 Å². The molecule has 0 bridgehead atoms. The van der Waals surface area contributed by atoms with Gasteiger partial charge >= 0.3 is 0 Å². The van der Waals surface area contributed by atoms with Gasteiger partial charge in [0.05, 0.1) is 20.1 Å². The molecule has 1 atom stereocenters. The zero-order chi connectivity index (χ0) is 28.9. The summed E-state index contributed by atoms with van der Waals surface area (Å²) in [4.78, 5) is 12.9. The van der Waals surface area contributed by atoms with Crippen molar-refractivity contribution >= 4 is 64.8 Å². The van der Waals surface area contributed by atoms with Gasteiger partial charge < -0.3 is 4.74 Å². The molecule has 2 N–H and O–H groups in total. The first kappa shape index (κ1) is 29.9. The lowest BCUT2D eigenvalue weighted by Gasteiger charge is -2.20. The minimum Gasteiger partial charge on any atom is -0.487 e. The van der Waals surface area contributed by atoms with E-state index in [1.165, 1.54) is 18.3 Å². The van der Waals surface area contributed by atoms with Gasteiger partial charge in [0, 0.05) is 0 Å². The molecule has 0 saturated heterocycles. The molecule has 4 rings (SSSR count). The SMILES string of the molecule is Cc1ccc(S(=O)(=O)N[C@@H](C(=O)N/N=C\c2cc(Br)c(OCc3cccc4ccccc34)c(Br)c2)C(C)C)cc1. The zero-order valence-electron chi connectivity index (χ0n) is 22.2. The molecule has 4 aromatic rings. The first-order valence-corrected chi connectivity index (χ1v) is 15.6. The molecule has 4 aromatic carbocycles. The highest BCUT2D eigenvalue weighted by molar-refractivity contribution is 9.11. The average molecular weight is 687 g/mol. The van der Waals surface area contributed by atoms with E-state index in [9.17, 15) is 13.2 Å². The Morgan fingerprint density at radius 3 is 2.30 bits per heavy atom. The number of carbonyl (C=O) groups is 1. The Labute approximate surface area is 251 Å². The van der Waals surface area contributed by atoms with Crippen molar-refractivity contribution in [3.63, 3.8) is 0 Å². The molecule has 40 heavy (non-hydrogen) atoms. The summed E-state index contributed by atoms with van der Waals surface area (Å²) in [5, 5.41) is 6.34. The standard InChI is InChI=1S/C30H29Br2N3O4S/c1-19(2)28(35-40(37,38)24-13-11-20(3)12-14-24)30(36)34-33-17-21-15-26(31)29(27(32)16-21)39-18-23-9-6-8-22-7-4-5-10-25(22)23/h4-17,19,28,35H,18H2,1-3H3,(H,34,36)/b33-17-/t28-/m1/s1. The summed E-state index contributed by atoms with van der Waals surface area (Å²) in [5.41, 5.74) is 5.16. The van der Waals surface area contributed by atoms with E-state index >= 15 is 0 Å². The number of rotatable bonds is 10. The third kappa shape index (κ3) is 7.37. The average Bonchev–Trinajstić information content (AvgIpc) is 2.91. The monoisotopic (exact) mass is 685 g/mol. The fourth-order valence-electron chi connectivity index (χ4n) is 4.05. The molecular weight excluding hydrogens is 658 g/mol. The van der Waals surface area contributed by atoms with Crippen LogP contribution in [-0.4, -0.2) is 26.6 Å². The van der Waals surface area contributed by atoms with Crippen LogP contribution in [0.15, 0.2) is 97.8 Å². The summed E-state index contributed by atoms with van der Waals surface area (Å²) in [6.07, 6.45) is 1.48.